The molecule has 8 heteroatoms. The molecule has 2 aromatic rings. The predicted molar refractivity (Wildman–Crippen MR) is 114 cm³/mol. The number of nitrogens with zero attached hydrogens (tertiary/aromatic N) is 2. The van der Waals surface area contributed by atoms with Gasteiger partial charge in [0.25, 0.3) is 0 Å². The Hall–Kier alpha value is -2.58. The molecule has 160 valence electrons. The van der Waals surface area contributed by atoms with E-state index in [0.717, 1.165) is 17.7 Å². The summed E-state index contributed by atoms with van der Waals surface area (Å²) >= 11 is 0. The Balaban J connectivity index is 1.52. The Morgan fingerprint density at radius 2 is 1.70 bits per heavy atom. The summed E-state index contributed by atoms with van der Waals surface area (Å²) in [6.07, 6.45) is 2.41. The first kappa shape index (κ1) is 22.1. The number of nitrogens with one attached hydrogen (secondary N) is 1. The van der Waals surface area contributed by atoms with E-state index >= 15 is 0 Å². The van der Waals surface area contributed by atoms with Crippen LogP contribution in [0.4, 0.5) is 4.39 Å². The second kappa shape index (κ2) is 9.49. The zero-order valence-corrected chi connectivity index (χ0v) is 17.9. The lowest BCUT2D eigenvalue weighted by Gasteiger charge is -2.30. The maximum Gasteiger partial charge on any atom is 0.243 e. The van der Waals surface area contributed by atoms with E-state index in [1.54, 1.807) is 6.21 Å². The average molecular weight is 432 g/mol. The molecule has 0 bridgehead atoms. The van der Waals surface area contributed by atoms with E-state index in [2.05, 4.69) is 24.4 Å². The lowest BCUT2D eigenvalue weighted by atomic mass is 9.98. The van der Waals surface area contributed by atoms with Crippen molar-refractivity contribution in [3.63, 3.8) is 0 Å². The van der Waals surface area contributed by atoms with Crippen LogP contribution in [0.1, 0.15) is 43.7 Å². The number of rotatable bonds is 6. The lowest BCUT2D eigenvalue weighted by Crippen LogP contribution is -2.42. The van der Waals surface area contributed by atoms with Gasteiger partial charge in [0.1, 0.15) is 5.82 Å². The highest BCUT2D eigenvalue weighted by molar-refractivity contribution is 7.89. The summed E-state index contributed by atoms with van der Waals surface area (Å²) in [5.74, 6) is -0.553. The van der Waals surface area contributed by atoms with E-state index in [-0.39, 0.29) is 29.8 Å². The molecule has 0 aromatic heterocycles. The topological polar surface area (TPSA) is 78.8 Å². The number of piperidine rings is 1. The third-order valence-electron chi connectivity index (χ3n) is 5.27. The zero-order chi connectivity index (χ0) is 21.7. The smallest absolute Gasteiger partial charge is 0.243 e. The maximum absolute atomic E-state index is 13.1. The summed E-state index contributed by atoms with van der Waals surface area (Å²) in [5, 5.41) is 4.02. The molecule has 2 aromatic carbocycles. The Morgan fingerprint density at radius 1 is 1.10 bits per heavy atom. The van der Waals surface area contributed by atoms with Crippen molar-refractivity contribution in [2.75, 3.05) is 13.1 Å². The van der Waals surface area contributed by atoms with Crippen molar-refractivity contribution in [2.45, 2.75) is 37.5 Å². The van der Waals surface area contributed by atoms with Crippen molar-refractivity contribution < 1.29 is 17.6 Å². The largest absolute Gasteiger partial charge is 0.273 e. The lowest BCUT2D eigenvalue weighted by molar-refractivity contribution is -0.126. The van der Waals surface area contributed by atoms with Gasteiger partial charge < -0.3 is 0 Å². The Morgan fingerprint density at radius 3 is 2.27 bits per heavy atom. The van der Waals surface area contributed by atoms with E-state index in [1.165, 1.54) is 22.0 Å². The minimum atomic E-state index is -3.69. The van der Waals surface area contributed by atoms with Gasteiger partial charge in [-0.15, -0.1) is 0 Å². The van der Waals surface area contributed by atoms with Crippen LogP contribution in [0, 0.1) is 11.7 Å². The molecule has 6 nitrogen and oxygen atoms in total. The Kier molecular flexibility index (Phi) is 6.99. The summed E-state index contributed by atoms with van der Waals surface area (Å²) in [7, 11) is -3.69. The first-order chi connectivity index (χ1) is 14.3. The molecule has 0 unspecified atom stereocenters. The summed E-state index contributed by atoms with van der Waals surface area (Å²) in [6, 6.07) is 12.7. The molecule has 1 N–H and O–H groups in total. The van der Waals surface area contributed by atoms with E-state index in [1.807, 2.05) is 24.3 Å². The highest BCUT2D eigenvalue weighted by Crippen LogP contribution is 2.24. The van der Waals surface area contributed by atoms with Crippen LogP contribution in [-0.2, 0) is 14.8 Å². The van der Waals surface area contributed by atoms with E-state index in [0.29, 0.717) is 18.8 Å². The number of carbonyl (C=O) groups is 1. The molecule has 1 saturated heterocycles. The van der Waals surface area contributed by atoms with Crippen LogP contribution in [-0.4, -0.2) is 37.9 Å². The molecule has 1 aliphatic heterocycles. The van der Waals surface area contributed by atoms with Gasteiger partial charge in [-0.2, -0.15) is 9.41 Å². The summed E-state index contributed by atoms with van der Waals surface area (Å²) in [5.41, 5.74) is 4.67. The molecule has 0 aliphatic carbocycles. The minimum absolute atomic E-state index is 0.0555. The molecule has 1 heterocycles. The van der Waals surface area contributed by atoms with Crippen LogP contribution >= 0.6 is 0 Å². The van der Waals surface area contributed by atoms with Gasteiger partial charge in [0, 0.05) is 19.0 Å². The monoisotopic (exact) mass is 431 g/mol. The number of benzene rings is 2. The molecule has 1 aliphatic rings. The zero-order valence-electron chi connectivity index (χ0n) is 17.1. The van der Waals surface area contributed by atoms with Gasteiger partial charge in [-0.3, -0.25) is 4.79 Å². The molecule has 1 amide bonds. The number of hydrazone groups is 1. The molecule has 30 heavy (non-hydrogen) atoms. The van der Waals surface area contributed by atoms with Gasteiger partial charge in [0.2, 0.25) is 15.9 Å². The number of halogens is 1. The number of hydrogen-bond donors (Lipinski definition) is 1. The van der Waals surface area contributed by atoms with Gasteiger partial charge >= 0.3 is 0 Å². The fourth-order valence-corrected chi connectivity index (χ4v) is 4.81. The quantitative estimate of drug-likeness (QED) is 0.562. The number of amides is 1. The first-order valence-corrected chi connectivity index (χ1v) is 11.4. The SMILES string of the molecule is CC(C)c1ccc(/C=N\NC(=O)C2CCN(S(=O)(=O)c3ccc(F)cc3)CC2)cc1. The van der Waals surface area contributed by atoms with Gasteiger partial charge in [-0.25, -0.2) is 18.2 Å². The van der Waals surface area contributed by atoms with Crippen LogP contribution in [0.5, 0.6) is 0 Å². The van der Waals surface area contributed by atoms with Gasteiger partial charge in [0.05, 0.1) is 11.1 Å². The van der Waals surface area contributed by atoms with Gasteiger partial charge in [-0.05, 0) is 54.2 Å². The molecule has 3 rings (SSSR count). The van der Waals surface area contributed by atoms with Crippen molar-refractivity contribution in [1.29, 1.82) is 0 Å². The molecule has 0 radical (unpaired) electrons. The Bertz CT molecular complexity index is 995. The molecule has 1 fully saturated rings. The standard InChI is InChI=1S/C22H26FN3O3S/c1-16(2)18-5-3-17(4-6-18)15-24-25-22(27)19-11-13-26(14-12-19)30(28,29)21-9-7-20(23)8-10-21/h3-10,15-16,19H,11-14H2,1-2H3,(H,25,27)/b24-15-. The highest BCUT2D eigenvalue weighted by Gasteiger charge is 2.32. The van der Waals surface area contributed by atoms with Crippen molar-refractivity contribution in [3.05, 3.63) is 65.5 Å². The number of hydrogen-bond acceptors (Lipinski definition) is 4. The van der Waals surface area contributed by atoms with Gasteiger partial charge in [0.15, 0.2) is 0 Å². The van der Waals surface area contributed by atoms with Crippen molar-refractivity contribution in [2.24, 2.45) is 11.0 Å². The van der Waals surface area contributed by atoms with Gasteiger partial charge in [-0.1, -0.05) is 38.1 Å². The van der Waals surface area contributed by atoms with Crippen LogP contribution in [0.2, 0.25) is 0 Å². The maximum atomic E-state index is 13.1. The van der Waals surface area contributed by atoms with Crippen LogP contribution < -0.4 is 5.43 Å². The fourth-order valence-electron chi connectivity index (χ4n) is 3.34. The third-order valence-corrected chi connectivity index (χ3v) is 7.18. The van der Waals surface area contributed by atoms with Crippen LogP contribution in [0.15, 0.2) is 58.5 Å². The second-order valence-electron chi connectivity index (χ2n) is 7.69. The molecular weight excluding hydrogens is 405 g/mol. The summed E-state index contributed by atoms with van der Waals surface area (Å²) < 4.78 is 39.7. The minimum Gasteiger partial charge on any atom is -0.273 e. The van der Waals surface area contributed by atoms with E-state index in [9.17, 15) is 17.6 Å². The molecule has 0 atom stereocenters. The van der Waals surface area contributed by atoms with E-state index < -0.39 is 15.8 Å². The van der Waals surface area contributed by atoms with Crippen molar-refractivity contribution >= 4 is 22.1 Å². The molecule has 0 saturated carbocycles. The first-order valence-electron chi connectivity index (χ1n) is 9.96. The van der Waals surface area contributed by atoms with Crippen molar-refractivity contribution in [3.8, 4) is 0 Å². The summed E-state index contributed by atoms with van der Waals surface area (Å²) in [4.78, 5) is 12.4. The normalized spacial score (nSPS) is 16.3. The third kappa shape index (κ3) is 5.31. The second-order valence-corrected chi connectivity index (χ2v) is 9.63. The highest BCUT2D eigenvalue weighted by atomic mass is 32.2. The van der Waals surface area contributed by atoms with E-state index in [4.69, 9.17) is 0 Å². The Labute approximate surface area is 176 Å². The predicted octanol–water partition coefficient (Wildman–Crippen LogP) is 3.50. The number of carbonyl (C=O) groups excluding carboxylic acids is 1. The van der Waals surface area contributed by atoms with Crippen LogP contribution in [0.25, 0.3) is 0 Å². The molecular formula is C22H26FN3O3S. The fraction of sp³-hybridized carbons (Fsp3) is 0.364. The average Bonchev–Trinajstić information content (AvgIpc) is 2.74. The molecule has 0 spiro atoms. The number of sulfonamides is 1. The van der Waals surface area contributed by atoms with Crippen molar-refractivity contribution in [1.82, 2.24) is 9.73 Å². The van der Waals surface area contributed by atoms with Crippen LogP contribution in [0.3, 0.4) is 0 Å². The summed E-state index contributed by atoms with van der Waals surface area (Å²) in [6.45, 7) is 4.72.